The van der Waals surface area contributed by atoms with Gasteiger partial charge in [0.25, 0.3) is 0 Å². The van der Waals surface area contributed by atoms with Crippen LogP contribution in [0.2, 0.25) is 0 Å². The number of methoxy groups -OCH3 is 1. The molecule has 3 nitrogen and oxygen atoms in total. The monoisotopic (exact) mass is 286 g/mol. The first-order valence-corrected chi connectivity index (χ1v) is 7.65. The number of Topliss-reactive ketones (excluding diaryl/α,β-unsaturated/α-hetero) is 1. The maximum atomic E-state index is 12.1. The first-order chi connectivity index (χ1) is 10.1. The number of carbonyl (C=O) groups is 1. The number of ether oxygens (including phenoxy) is 1. The Kier molecular flexibility index (Phi) is 3.62. The Labute approximate surface area is 125 Å². The van der Waals surface area contributed by atoms with Gasteiger partial charge < -0.3 is 9.84 Å². The van der Waals surface area contributed by atoms with E-state index in [-0.39, 0.29) is 5.78 Å². The van der Waals surface area contributed by atoms with E-state index in [2.05, 4.69) is 6.07 Å². The number of fused-ring (bicyclic) bond motifs is 1. The fourth-order valence-electron chi connectivity index (χ4n) is 4.06. The molecular formula is C18H22O3. The van der Waals surface area contributed by atoms with E-state index in [0.717, 1.165) is 41.7 Å². The highest BCUT2D eigenvalue weighted by Crippen LogP contribution is 2.51. The summed E-state index contributed by atoms with van der Waals surface area (Å²) in [5.74, 6) is 1.03. The van der Waals surface area contributed by atoms with Crippen molar-refractivity contribution in [2.24, 2.45) is 0 Å². The molecule has 2 aliphatic rings. The van der Waals surface area contributed by atoms with Gasteiger partial charge >= 0.3 is 0 Å². The van der Waals surface area contributed by atoms with Gasteiger partial charge in [0.15, 0.2) is 5.78 Å². The molecule has 0 heterocycles. The molecular weight excluding hydrogens is 264 g/mol. The van der Waals surface area contributed by atoms with Crippen molar-refractivity contribution in [3.05, 3.63) is 41.0 Å². The quantitative estimate of drug-likeness (QED) is 0.908. The van der Waals surface area contributed by atoms with Gasteiger partial charge in [-0.25, -0.2) is 0 Å². The van der Waals surface area contributed by atoms with E-state index in [0.29, 0.717) is 12.8 Å². The Bertz CT molecular complexity index is 602. The lowest BCUT2D eigenvalue weighted by Crippen LogP contribution is -2.47. The van der Waals surface area contributed by atoms with Crippen LogP contribution in [0.15, 0.2) is 35.4 Å². The van der Waals surface area contributed by atoms with E-state index in [9.17, 15) is 9.90 Å². The van der Waals surface area contributed by atoms with Gasteiger partial charge in [0.2, 0.25) is 0 Å². The zero-order valence-electron chi connectivity index (χ0n) is 12.7. The van der Waals surface area contributed by atoms with Crippen molar-refractivity contribution in [1.82, 2.24) is 0 Å². The smallest absolute Gasteiger partial charge is 0.158 e. The van der Waals surface area contributed by atoms with Crippen molar-refractivity contribution < 1.29 is 14.6 Å². The van der Waals surface area contributed by atoms with Crippen LogP contribution >= 0.6 is 0 Å². The highest BCUT2D eigenvalue weighted by atomic mass is 16.5. The van der Waals surface area contributed by atoms with Crippen LogP contribution in [0.25, 0.3) is 0 Å². The topological polar surface area (TPSA) is 46.5 Å². The lowest BCUT2D eigenvalue weighted by Gasteiger charge is -2.47. The molecule has 112 valence electrons. The second kappa shape index (κ2) is 5.30. The average molecular weight is 286 g/mol. The summed E-state index contributed by atoms with van der Waals surface area (Å²) in [6.45, 7) is 1.92. The number of hydrogen-bond donors (Lipinski definition) is 1. The third-order valence-corrected chi connectivity index (χ3v) is 5.21. The summed E-state index contributed by atoms with van der Waals surface area (Å²) in [5, 5.41) is 10.8. The van der Waals surface area contributed by atoms with Crippen LogP contribution in [0.4, 0.5) is 0 Å². The van der Waals surface area contributed by atoms with E-state index in [4.69, 9.17) is 4.74 Å². The summed E-state index contributed by atoms with van der Waals surface area (Å²) in [5.41, 5.74) is 2.69. The van der Waals surface area contributed by atoms with Crippen LogP contribution in [0.3, 0.4) is 0 Å². The summed E-state index contributed by atoms with van der Waals surface area (Å²) < 4.78 is 5.34. The van der Waals surface area contributed by atoms with Gasteiger partial charge in [0, 0.05) is 11.8 Å². The molecule has 3 rings (SSSR count). The normalized spacial score (nSPS) is 29.3. The largest absolute Gasteiger partial charge is 0.497 e. The van der Waals surface area contributed by atoms with Crippen molar-refractivity contribution in [3.63, 3.8) is 0 Å². The molecule has 1 fully saturated rings. The zero-order valence-corrected chi connectivity index (χ0v) is 12.7. The van der Waals surface area contributed by atoms with Crippen LogP contribution in [-0.4, -0.2) is 24.1 Å². The summed E-state index contributed by atoms with van der Waals surface area (Å²) in [6.07, 6.45) is 3.45. The van der Waals surface area contributed by atoms with E-state index >= 15 is 0 Å². The number of aliphatic hydroxyl groups is 1. The number of carbonyl (C=O) groups excluding carboxylic acids is 1. The Balaban J connectivity index is 2.20. The third-order valence-electron chi connectivity index (χ3n) is 5.21. The summed E-state index contributed by atoms with van der Waals surface area (Å²) >= 11 is 0. The predicted molar refractivity (Wildman–Crippen MR) is 81.5 cm³/mol. The first kappa shape index (κ1) is 14.3. The van der Waals surface area contributed by atoms with Crippen LogP contribution in [0.5, 0.6) is 5.75 Å². The van der Waals surface area contributed by atoms with Crippen molar-refractivity contribution in [1.29, 1.82) is 0 Å². The second-order valence-electron chi connectivity index (χ2n) is 6.14. The molecule has 1 N–H and O–H groups in total. The maximum Gasteiger partial charge on any atom is 0.158 e. The lowest BCUT2D eigenvalue weighted by molar-refractivity contribution is -0.117. The number of aliphatic hydroxyl groups excluding tert-OH is 1. The molecule has 0 aromatic heterocycles. The standard InChI is InChI=1S/C18H22O3/c1-12-15-7-4-8-17(20)18(15,10-9-16(12)19)13-5-3-6-14(11-13)21-2/h3,5-6,11,17,20H,4,7-10H2,1-2H3. The van der Waals surface area contributed by atoms with Crippen LogP contribution in [-0.2, 0) is 10.2 Å². The lowest BCUT2D eigenvalue weighted by atomic mass is 9.58. The molecule has 1 saturated carbocycles. The molecule has 1 aromatic carbocycles. The van der Waals surface area contributed by atoms with E-state index in [1.165, 1.54) is 0 Å². The Morgan fingerprint density at radius 2 is 2.14 bits per heavy atom. The average Bonchev–Trinajstić information content (AvgIpc) is 2.52. The molecule has 0 saturated heterocycles. The van der Waals surface area contributed by atoms with Crippen molar-refractivity contribution >= 4 is 5.78 Å². The minimum absolute atomic E-state index is 0.234. The Morgan fingerprint density at radius 1 is 1.33 bits per heavy atom. The predicted octanol–water partition coefficient (Wildman–Crippen LogP) is 3.16. The molecule has 0 spiro atoms. The maximum absolute atomic E-state index is 12.1. The minimum atomic E-state index is -0.420. The summed E-state index contributed by atoms with van der Waals surface area (Å²) in [7, 11) is 1.65. The number of hydrogen-bond acceptors (Lipinski definition) is 3. The third kappa shape index (κ3) is 2.11. The van der Waals surface area contributed by atoms with Crippen LogP contribution in [0, 0.1) is 0 Å². The van der Waals surface area contributed by atoms with Crippen molar-refractivity contribution in [2.75, 3.05) is 7.11 Å². The van der Waals surface area contributed by atoms with Gasteiger partial charge in [-0.15, -0.1) is 0 Å². The molecule has 2 aliphatic carbocycles. The Morgan fingerprint density at radius 3 is 2.90 bits per heavy atom. The van der Waals surface area contributed by atoms with Crippen molar-refractivity contribution in [3.8, 4) is 5.75 Å². The number of ketones is 1. The van der Waals surface area contributed by atoms with E-state index in [1.807, 2.05) is 25.1 Å². The Hall–Kier alpha value is -1.61. The SMILES string of the molecule is COc1cccc(C23CCC(=O)C(C)=C2CCCC3O)c1. The van der Waals surface area contributed by atoms with Gasteiger partial charge in [0.1, 0.15) is 5.75 Å². The molecule has 1 aromatic rings. The fourth-order valence-corrected chi connectivity index (χ4v) is 4.06. The number of benzene rings is 1. The molecule has 0 aliphatic heterocycles. The van der Waals surface area contributed by atoms with E-state index in [1.54, 1.807) is 7.11 Å². The van der Waals surface area contributed by atoms with Crippen molar-refractivity contribution in [2.45, 2.75) is 50.5 Å². The molecule has 0 amide bonds. The number of allylic oxidation sites excluding steroid dienone is 1. The molecule has 3 heteroatoms. The molecule has 0 bridgehead atoms. The van der Waals surface area contributed by atoms with Gasteiger partial charge in [-0.3, -0.25) is 4.79 Å². The highest BCUT2D eigenvalue weighted by Gasteiger charge is 2.48. The summed E-state index contributed by atoms with van der Waals surface area (Å²) in [6, 6.07) is 7.95. The van der Waals surface area contributed by atoms with E-state index < -0.39 is 11.5 Å². The van der Waals surface area contributed by atoms with Crippen LogP contribution < -0.4 is 4.74 Å². The fraction of sp³-hybridized carbons (Fsp3) is 0.500. The molecule has 21 heavy (non-hydrogen) atoms. The van der Waals surface area contributed by atoms with Gasteiger partial charge in [-0.05, 0) is 55.9 Å². The molecule has 0 radical (unpaired) electrons. The van der Waals surface area contributed by atoms with Gasteiger partial charge in [0.05, 0.1) is 13.2 Å². The molecule has 2 atom stereocenters. The van der Waals surface area contributed by atoms with Gasteiger partial charge in [-0.2, -0.15) is 0 Å². The first-order valence-electron chi connectivity index (χ1n) is 7.65. The zero-order chi connectivity index (χ0) is 15.0. The minimum Gasteiger partial charge on any atom is -0.497 e. The molecule has 2 unspecified atom stereocenters. The van der Waals surface area contributed by atoms with Crippen LogP contribution in [0.1, 0.15) is 44.6 Å². The second-order valence-corrected chi connectivity index (χ2v) is 6.14. The van der Waals surface area contributed by atoms with Gasteiger partial charge in [-0.1, -0.05) is 17.7 Å². The summed E-state index contributed by atoms with van der Waals surface area (Å²) in [4.78, 5) is 12.1. The highest BCUT2D eigenvalue weighted by molar-refractivity contribution is 5.97. The number of rotatable bonds is 2.